The van der Waals surface area contributed by atoms with Gasteiger partial charge in [-0.1, -0.05) is 6.07 Å². The van der Waals surface area contributed by atoms with Gasteiger partial charge in [-0.15, -0.1) is 0 Å². The highest BCUT2D eigenvalue weighted by molar-refractivity contribution is 5.92. The van der Waals surface area contributed by atoms with Gasteiger partial charge in [0.25, 0.3) is 0 Å². The molecule has 1 fully saturated rings. The van der Waals surface area contributed by atoms with Gasteiger partial charge in [-0.3, -0.25) is 4.79 Å². The molecule has 3 rings (SSSR count). The van der Waals surface area contributed by atoms with E-state index in [1.165, 1.54) is 30.3 Å². The predicted octanol–water partition coefficient (Wildman–Crippen LogP) is 2.91. The molecular weight excluding hydrogens is 286 g/mol. The van der Waals surface area contributed by atoms with Crippen LogP contribution in [-0.2, 0) is 11.2 Å². The summed E-state index contributed by atoms with van der Waals surface area (Å²) in [6.07, 6.45) is 9.30. The van der Waals surface area contributed by atoms with Crippen molar-refractivity contribution in [1.29, 1.82) is 0 Å². The standard InChI is InChI=1S/C19H25N3O/c1-21(2)19(23)9-7-14-6-8-18-17(11-14)15(13-20-18)12-16-5-4-10-22(16)3/h6-9,11,13,16,20H,4-5,10,12H2,1-3H3/t16-/m1/s1. The molecule has 0 unspecified atom stereocenters. The van der Waals surface area contributed by atoms with Gasteiger partial charge < -0.3 is 14.8 Å². The molecule has 1 N–H and O–H groups in total. The van der Waals surface area contributed by atoms with Crippen LogP contribution < -0.4 is 0 Å². The van der Waals surface area contributed by atoms with Crippen LogP contribution in [0.2, 0.25) is 0 Å². The minimum Gasteiger partial charge on any atom is -0.361 e. The first-order valence-electron chi connectivity index (χ1n) is 8.24. The van der Waals surface area contributed by atoms with Gasteiger partial charge in [-0.2, -0.15) is 0 Å². The molecule has 23 heavy (non-hydrogen) atoms. The summed E-state index contributed by atoms with van der Waals surface area (Å²) >= 11 is 0. The monoisotopic (exact) mass is 311 g/mol. The number of H-pyrrole nitrogens is 1. The lowest BCUT2D eigenvalue weighted by Crippen LogP contribution is -2.26. The molecule has 2 heterocycles. The number of likely N-dealkylation sites (tertiary alicyclic amines) is 1. The first kappa shape index (κ1) is 15.8. The fraction of sp³-hybridized carbons (Fsp3) is 0.421. The number of nitrogens with one attached hydrogen (secondary N) is 1. The first-order valence-corrected chi connectivity index (χ1v) is 8.24. The Morgan fingerprint density at radius 3 is 2.96 bits per heavy atom. The lowest BCUT2D eigenvalue weighted by atomic mass is 10.0. The zero-order chi connectivity index (χ0) is 16.4. The second-order valence-corrected chi connectivity index (χ2v) is 6.67. The van der Waals surface area contributed by atoms with Crippen molar-refractivity contribution in [3.8, 4) is 0 Å². The van der Waals surface area contributed by atoms with E-state index in [-0.39, 0.29) is 5.91 Å². The molecule has 0 saturated carbocycles. The number of carbonyl (C=O) groups is 1. The Morgan fingerprint density at radius 1 is 1.43 bits per heavy atom. The molecule has 1 aliphatic rings. The van der Waals surface area contributed by atoms with Crippen LogP contribution in [0.5, 0.6) is 0 Å². The Labute approximate surface area is 137 Å². The number of hydrogen-bond acceptors (Lipinski definition) is 2. The summed E-state index contributed by atoms with van der Waals surface area (Å²) in [5, 5.41) is 1.27. The third-order valence-corrected chi connectivity index (χ3v) is 4.78. The van der Waals surface area contributed by atoms with Gasteiger partial charge in [0.2, 0.25) is 5.91 Å². The molecule has 0 aliphatic carbocycles. The molecule has 1 aromatic heterocycles. The second-order valence-electron chi connectivity index (χ2n) is 6.67. The lowest BCUT2D eigenvalue weighted by molar-refractivity contribution is -0.123. The summed E-state index contributed by atoms with van der Waals surface area (Å²) in [5.74, 6) is 0.00645. The van der Waals surface area contributed by atoms with Crippen LogP contribution in [0, 0.1) is 0 Å². The summed E-state index contributed by atoms with van der Waals surface area (Å²) in [5.41, 5.74) is 3.60. The van der Waals surface area contributed by atoms with Gasteiger partial charge in [-0.05, 0) is 62.2 Å². The number of aromatic nitrogens is 1. The number of carbonyl (C=O) groups excluding carboxylic acids is 1. The maximum Gasteiger partial charge on any atom is 0.246 e. The van der Waals surface area contributed by atoms with Crippen molar-refractivity contribution >= 4 is 22.9 Å². The van der Waals surface area contributed by atoms with Gasteiger partial charge in [0.1, 0.15) is 0 Å². The fourth-order valence-corrected chi connectivity index (χ4v) is 3.28. The van der Waals surface area contributed by atoms with Crippen molar-refractivity contribution in [3.05, 3.63) is 41.6 Å². The second kappa shape index (κ2) is 6.59. The van der Waals surface area contributed by atoms with Gasteiger partial charge >= 0.3 is 0 Å². The van der Waals surface area contributed by atoms with Crippen LogP contribution in [0.25, 0.3) is 17.0 Å². The number of aromatic amines is 1. The number of rotatable bonds is 4. The molecular formula is C19H25N3O. The van der Waals surface area contributed by atoms with Gasteiger partial charge in [-0.25, -0.2) is 0 Å². The van der Waals surface area contributed by atoms with E-state index in [2.05, 4.69) is 35.3 Å². The number of hydrogen-bond donors (Lipinski definition) is 1. The third-order valence-electron chi connectivity index (χ3n) is 4.78. The largest absolute Gasteiger partial charge is 0.361 e. The van der Waals surface area contributed by atoms with Crippen molar-refractivity contribution in [2.75, 3.05) is 27.7 Å². The predicted molar refractivity (Wildman–Crippen MR) is 95.4 cm³/mol. The zero-order valence-electron chi connectivity index (χ0n) is 14.2. The third kappa shape index (κ3) is 3.48. The van der Waals surface area contributed by atoms with E-state index in [1.807, 2.05) is 12.1 Å². The average molecular weight is 311 g/mol. The molecule has 1 aliphatic heterocycles. The number of fused-ring (bicyclic) bond motifs is 1. The average Bonchev–Trinajstić information content (AvgIpc) is 3.12. The van der Waals surface area contributed by atoms with Gasteiger partial charge in [0, 0.05) is 43.3 Å². The van der Waals surface area contributed by atoms with Gasteiger partial charge in [0.15, 0.2) is 0 Å². The number of likely N-dealkylation sites (N-methyl/N-ethyl adjacent to an activating group) is 2. The quantitative estimate of drug-likeness (QED) is 0.882. The number of benzene rings is 1. The lowest BCUT2D eigenvalue weighted by Gasteiger charge is -2.18. The fourth-order valence-electron chi connectivity index (χ4n) is 3.28. The molecule has 1 amide bonds. The molecule has 4 heteroatoms. The SMILES string of the molecule is CN(C)C(=O)C=Cc1ccc2[nH]cc(C[C@H]3CCCN3C)c2c1. The van der Waals surface area contributed by atoms with E-state index in [0.29, 0.717) is 6.04 Å². The topological polar surface area (TPSA) is 39.3 Å². The summed E-state index contributed by atoms with van der Waals surface area (Å²) in [7, 11) is 5.74. The Balaban J connectivity index is 1.83. The van der Waals surface area contributed by atoms with Crippen molar-refractivity contribution in [2.45, 2.75) is 25.3 Å². The number of nitrogens with zero attached hydrogens (tertiary/aromatic N) is 2. The number of amides is 1. The zero-order valence-corrected chi connectivity index (χ0v) is 14.2. The smallest absolute Gasteiger partial charge is 0.246 e. The van der Waals surface area contributed by atoms with Crippen LogP contribution in [-0.4, -0.2) is 54.4 Å². The van der Waals surface area contributed by atoms with Crippen LogP contribution in [0.15, 0.2) is 30.5 Å². The van der Waals surface area contributed by atoms with Crippen LogP contribution >= 0.6 is 0 Å². The van der Waals surface area contributed by atoms with E-state index in [4.69, 9.17) is 0 Å². The molecule has 1 aromatic carbocycles. The molecule has 1 atom stereocenters. The van der Waals surface area contributed by atoms with E-state index >= 15 is 0 Å². The van der Waals surface area contributed by atoms with Crippen LogP contribution in [0.3, 0.4) is 0 Å². The van der Waals surface area contributed by atoms with E-state index in [1.54, 1.807) is 25.1 Å². The molecule has 0 bridgehead atoms. The van der Waals surface area contributed by atoms with Crippen molar-refractivity contribution in [2.24, 2.45) is 0 Å². The summed E-state index contributed by atoms with van der Waals surface area (Å²) in [6.45, 7) is 1.20. The highest BCUT2D eigenvalue weighted by Crippen LogP contribution is 2.25. The van der Waals surface area contributed by atoms with Crippen LogP contribution in [0.4, 0.5) is 0 Å². The van der Waals surface area contributed by atoms with Crippen LogP contribution in [0.1, 0.15) is 24.0 Å². The molecule has 0 spiro atoms. The molecule has 1 saturated heterocycles. The van der Waals surface area contributed by atoms with E-state index in [0.717, 1.165) is 17.5 Å². The van der Waals surface area contributed by atoms with Crippen molar-refractivity contribution < 1.29 is 4.79 Å². The minimum atomic E-state index is 0.00645. The highest BCUT2D eigenvalue weighted by Gasteiger charge is 2.22. The maximum absolute atomic E-state index is 11.7. The normalized spacial score (nSPS) is 19.0. The van der Waals surface area contributed by atoms with Crippen molar-refractivity contribution in [3.63, 3.8) is 0 Å². The van der Waals surface area contributed by atoms with E-state index in [9.17, 15) is 4.79 Å². The Morgan fingerprint density at radius 2 is 2.26 bits per heavy atom. The summed E-state index contributed by atoms with van der Waals surface area (Å²) in [4.78, 5) is 19.1. The Bertz CT molecular complexity index is 729. The van der Waals surface area contributed by atoms with Gasteiger partial charge in [0.05, 0.1) is 0 Å². The highest BCUT2D eigenvalue weighted by atomic mass is 16.2. The first-order chi connectivity index (χ1) is 11.0. The Hall–Kier alpha value is -2.07. The maximum atomic E-state index is 11.7. The Kier molecular flexibility index (Phi) is 4.53. The van der Waals surface area contributed by atoms with Crippen molar-refractivity contribution in [1.82, 2.24) is 14.8 Å². The molecule has 122 valence electrons. The molecule has 0 radical (unpaired) electrons. The molecule has 2 aromatic rings. The minimum absolute atomic E-state index is 0.00645. The molecule has 4 nitrogen and oxygen atoms in total. The summed E-state index contributed by atoms with van der Waals surface area (Å²) < 4.78 is 0. The van der Waals surface area contributed by atoms with E-state index < -0.39 is 0 Å². The summed E-state index contributed by atoms with van der Waals surface area (Å²) in [6, 6.07) is 6.96.